The van der Waals surface area contributed by atoms with Crippen molar-refractivity contribution in [1.82, 2.24) is 4.57 Å². The Kier molecular flexibility index (Phi) is 7.35. The van der Waals surface area contributed by atoms with E-state index in [9.17, 15) is 19.2 Å². The molecule has 1 N–H and O–H groups in total. The minimum absolute atomic E-state index is 0.222. The number of anilines is 2. The molecule has 3 aromatic carbocycles. The molecule has 0 aliphatic carbocycles. The van der Waals surface area contributed by atoms with Gasteiger partial charge in [0.25, 0.3) is 0 Å². The van der Waals surface area contributed by atoms with Crippen LogP contribution in [0.1, 0.15) is 21.9 Å². The molecule has 1 fully saturated rings. The summed E-state index contributed by atoms with van der Waals surface area (Å²) in [6.45, 7) is 1.67. The van der Waals surface area contributed by atoms with E-state index in [1.807, 2.05) is 43.3 Å². The van der Waals surface area contributed by atoms with Crippen molar-refractivity contribution in [2.75, 3.05) is 17.3 Å². The van der Waals surface area contributed by atoms with Crippen LogP contribution in [0.25, 0.3) is 0 Å². The summed E-state index contributed by atoms with van der Waals surface area (Å²) in [7, 11) is 1.55. The number of hydrogen-bond acceptors (Lipinski definition) is 7. The molecule has 0 bridgehead atoms. The highest BCUT2D eigenvalue weighted by molar-refractivity contribution is 9.10. The van der Waals surface area contributed by atoms with Crippen LogP contribution in [0, 0.1) is 12.8 Å². The van der Waals surface area contributed by atoms with E-state index < -0.39 is 17.1 Å². The van der Waals surface area contributed by atoms with E-state index in [-0.39, 0.29) is 29.1 Å². The summed E-state index contributed by atoms with van der Waals surface area (Å²) in [5.74, 6) is -1.85. The zero-order chi connectivity index (χ0) is 28.8. The summed E-state index contributed by atoms with van der Waals surface area (Å²) in [4.78, 5) is 55.9. The Hall–Kier alpha value is -3.67. The molecule has 2 aliphatic heterocycles. The van der Waals surface area contributed by atoms with Gasteiger partial charge < -0.3 is 10.1 Å². The van der Waals surface area contributed by atoms with Crippen molar-refractivity contribution in [2.45, 2.75) is 29.7 Å². The van der Waals surface area contributed by atoms with Crippen LogP contribution < -0.4 is 19.8 Å². The molecule has 0 saturated carbocycles. The van der Waals surface area contributed by atoms with Crippen LogP contribution in [0.5, 0.6) is 5.75 Å². The van der Waals surface area contributed by atoms with Gasteiger partial charge in [-0.1, -0.05) is 75.4 Å². The third-order valence-corrected chi connectivity index (χ3v) is 10.5. The number of nitrogens with zero attached hydrogens (tertiary/aromatic N) is 2. The second-order valence-electron chi connectivity index (χ2n) is 9.76. The van der Waals surface area contributed by atoms with Gasteiger partial charge in [0.2, 0.25) is 17.7 Å². The Morgan fingerprint density at radius 2 is 1.68 bits per heavy atom. The first-order valence-electron chi connectivity index (χ1n) is 12.8. The number of aromatic nitrogens is 1. The maximum absolute atomic E-state index is 14.0. The molecule has 8 nitrogen and oxygen atoms in total. The highest BCUT2D eigenvalue weighted by Crippen LogP contribution is 2.55. The van der Waals surface area contributed by atoms with Crippen LogP contribution in [0.4, 0.5) is 11.4 Å². The number of ether oxygens (including phenoxy) is 1. The minimum atomic E-state index is -0.784. The number of benzene rings is 3. The predicted molar refractivity (Wildman–Crippen MR) is 163 cm³/mol. The van der Waals surface area contributed by atoms with Gasteiger partial charge in [0, 0.05) is 26.5 Å². The van der Waals surface area contributed by atoms with Crippen molar-refractivity contribution in [3.05, 3.63) is 103 Å². The number of fused-ring (bicyclic) bond motifs is 2. The number of para-hydroxylation sites is 2. The third kappa shape index (κ3) is 4.81. The average molecular weight is 651 g/mol. The highest BCUT2D eigenvalue weighted by atomic mass is 79.9. The monoisotopic (exact) mass is 649 g/mol. The second kappa shape index (κ2) is 11.0. The number of thiazole rings is 1. The van der Waals surface area contributed by atoms with E-state index in [1.54, 1.807) is 43.5 Å². The van der Waals surface area contributed by atoms with Gasteiger partial charge in [0.15, 0.2) is 0 Å². The number of aryl methyl sites for hydroxylation is 1. The number of imide groups is 1. The summed E-state index contributed by atoms with van der Waals surface area (Å²) in [6, 6.07) is 21.8. The lowest BCUT2D eigenvalue weighted by atomic mass is 9.82. The van der Waals surface area contributed by atoms with Gasteiger partial charge in [-0.25, -0.2) is 4.90 Å². The maximum Gasteiger partial charge on any atom is 0.308 e. The fourth-order valence-corrected chi connectivity index (χ4v) is 8.43. The number of thioether (sulfide) groups is 1. The molecule has 3 heterocycles. The smallest absolute Gasteiger partial charge is 0.308 e. The Bertz CT molecular complexity index is 1750. The number of hydrogen-bond donors (Lipinski definition) is 1. The molecule has 0 unspecified atom stereocenters. The van der Waals surface area contributed by atoms with Crippen LogP contribution in [0.2, 0.25) is 0 Å². The fraction of sp³-hybridized carbons (Fsp3) is 0.200. The highest BCUT2D eigenvalue weighted by Gasteiger charge is 2.57. The van der Waals surface area contributed by atoms with E-state index in [0.29, 0.717) is 32.6 Å². The first kappa shape index (κ1) is 27.5. The molecule has 208 valence electrons. The van der Waals surface area contributed by atoms with Crippen LogP contribution >= 0.6 is 39.0 Å². The molecular weight excluding hydrogens is 626 g/mol. The number of halogens is 1. The fourth-order valence-electron chi connectivity index (χ4n) is 5.40. The van der Waals surface area contributed by atoms with Crippen molar-refractivity contribution in [3.63, 3.8) is 0 Å². The first-order chi connectivity index (χ1) is 19.8. The standard InChI is InChI=1S/C30H24BrN3O5S2/c1-16-7-3-5-9-20(16)32-22(35)15-33-29-26(41-30(33)38)23(19-8-4-6-10-21(19)39-2)24-25(40-29)28(37)34(27(24)36)18-13-11-17(31)12-14-18/h3-14,23-25H,15H2,1-2H3,(H,32,35)/t23-,24-,25+/m0/s1. The summed E-state index contributed by atoms with van der Waals surface area (Å²) in [5.41, 5.74) is 2.76. The lowest BCUT2D eigenvalue weighted by molar-refractivity contribution is -0.122. The normalized spacial score (nSPS) is 19.6. The number of methoxy groups -OCH3 is 1. The van der Waals surface area contributed by atoms with Gasteiger partial charge in [-0.15, -0.1) is 0 Å². The van der Waals surface area contributed by atoms with E-state index in [0.717, 1.165) is 21.4 Å². The van der Waals surface area contributed by atoms with Crippen LogP contribution in [0.15, 0.2) is 87.1 Å². The summed E-state index contributed by atoms with van der Waals surface area (Å²) in [6.07, 6.45) is 0. The molecule has 6 rings (SSSR count). The van der Waals surface area contributed by atoms with Crippen molar-refractivity contribution < 1.29 is 19.1 Å². The zero-order valence-electron chi connectivity index (χ0n) is 22.0. The van der Waals surface area contributed by atoms with E-state index >= 15 is 0 Å². The van der Waals surface area contributed by atoms with Crippen LogP contribution in [0.3, 0.4) is 0 Å². The van der Waals surface area contributed by atoms with Gasteiger partial charge in [-0.05, 0) is 48.9 Å². The molecule has 41 heavy (non-hydrogen) atoms. The van der Waals surface area contributed by atoms with Crippen LogP contribution in [-0.2, 0) is 20.9 Å². The Morgan fingerprint density at radius 1 is 0.976 bits per heavy atom. The molecule has 0 radical (unpaired) electrons. The summed E-state index contributed by atoms with van der Waals surface area (Å²) >= 11 is 5.59. The molecule has 2 aliphatic rings. The quantitative estimate of drug-likeness (QED) is 0.280. The van der Waals surface area contributed by atoms with Gasteiger partial charge in [0.05, 0.1) is 23.7 Å². The van der Waals surface area contributed by atoms with E-state index in [4.69, 9.17) is 4.74 Å². The SMILES string of the molecule is COc1ccccc1[C@@H]1c2sc(=O)n(CC(=O)Nc3ccccc3C)c2S[C@H]2C(=O)N(c3ccc(Br)cc3)C(=O)[C@@H]12. The molecule has 4 aromatic rings. The molecule has 3 amide bonds. The zero-order valence-corrected chi connectivity index (χ0v) is 25.2. The minimum Gasteiger partial charge on any atom is -0.496 e. The van der Waals surface area contributed by atoms with Crippen molar-refractivity contribution >= 4 is 68.1 Å². The van der Waals surface area contributed by atoms with Gasteiger partial charge in [-0.3, -0.25) is 23.7 Å². The summed E-state index contributed by atoms with van der Waals surface area (Å²) in [5, 5.41) is 2.62. The van der Waals surface area contributed by atoms with E-state index in [2.05, 4.69) is 21.2 Å². The lowest BCUT2D eigenvalue weighted by Gasteiger charge is -2.31. The van der Waals surface area contributed by atoms with Gasteiger partial charge in [-0.2, -0.15) is 0 Å². The van der Waals surface area contributed by atoms with Crippen LogP contribution in [-0.4, -0.2) is 34.6 Å². The largest absolute Gasteiger partial charge is 0.496 e. The number of amides is 3. The number of carbonyl (C=O) groups is 3. The predicted octanol–water partition coefficient (Wildman–Crippen LogP) is 5.42. The molecule has 0 spiro atoms. The first-order valence-corrected chi connectivity index (χ1v) is 15.3. The number of nitrogens with one attached hydrogen (secondary N) is 1. The molecule has 11 heteroatoms. The molecule has 1 aromatic heterocycles. The van der Waals surface area contributed by atoms with Gasteiger partial charge >= 0.3 is 4.87 Å². The lowest BCUT2D eigenvalue weighted by Crippen LogP contribution is -2.33. The van der Waals surface area contributed by atoms with Crippen molar-refractivity contribution in [2.24, 2.45) is 5.92 Å². The Balaban J connectivity index is 1.44. The molecular formula is C30H24BrN3O5S2. The third-order valence-electron chi connectivity index (χ3n) is 7.33. The average Bonchev–Trinajstić information content (AvgIpc) is 3.41. The molecule has 1 saturated heterocycles. The van der Waals surface area contributed by atoms with E-state index in [1.165, 1.54) is 21.2 Å². The Labute approximate surface area is 252 Å². The van der Waals surface area contributed by atoms with Crippen molar-refractivity contribution in [3.8, 4) is 5.75 Å². The van der Waals surface area contributed by atoms with Crippen molar-refractivity contribution in [1.29, 1.82) is 0 Å². The van der Waals surface area contributed by atoms with Gasteiger partial charge in [0.1, 0.15) is 17.5 Å². The Morgan fingerprint density at radius 3 is 2.41 bits per heavy atom. The number of rotatable bonds is 6. The molecule has 3 atom stereocenters. The number of carbonyl (C=O) groups excluding carboxylic acids is 3. The summed E-state index contributed by atoms with van der Waals surface area (Å²) < 4.78 is 7.90. The maximum atomic E-state index is 14.0. The topological polar surface area (TPSA) is 97.7 Å². The second-order valence-corrected chi connectivity index (χ2v) is 12.8.